The van der Waals surface area contributed by atoms with Gasteiger partial charge in [0.05, 0.1) is 18.0 Å². The summed E-state index contributed by atoms with van der Waals surface area (Å²) in [5.74, 6) is 0.856. The molecule has 1 saturated heterocycles. The van der Waals surface area contributed by atoms with Gasteiger partial charge in [-0.1, -0.05) is 0 Å². The van der Waals surface area contributed by atoms with Crippen LogP contribution in [0.25, 0.3) is 0 Å². The van der Waals surface area contributed by atoms with Crippen molar-refractivity contribution in [2.45, 2.75) is 32.8 Å². The van der Waals surface area contributed by atoms with Crippen LogP contribution in [-0.2, 0) is 11.8 Å². The van der Waals surface area contributed by atoms with E-state index < -0.39 is 0 Å². The number of hydrogen-bond acceptors (Lipinski definition) is 6. The average Bonchev–Trinajstić information content (AvgIpc) is 3.02. The SMILES string of the molecule is Cc1nnc(NC[C@@H]2CCCO[C@H]2c2cnn(C)c2)c(C#N)c1C. The monoisotopic (exact) mass is 326 g/mol. The molecular weight excluding hydrogens is 304 g/mol. The van der Waals surface area contributed by atoms with Gasteiger partial charge in [0.1, 0.15) is 11.6 Å². The summed E-state index contributed by atoms with van der Waals surface area (Å²) in [6, 6.07) is 2.23. The van der Waals surface area contributed by atoms with Crippen LogP contribution in [0.1, 0.15) is 41.3 Å². The maximum Gasteiger partial charge on any atom is 0.166 e. The number of nitrogens with zero attached hydrogens (tertiary/aromatic N) is 5. The zero-order valence-electron chi connectivity index (χ0n) is 14.3. The molecule has 24 heavy (non-hydrogen) atoms. The quantitative estimate of drug-likeness (QED) is 0.927. The van der Waals surface area contributed by atoms with Gasteiger partial charge in [-0.3, -0.25) is 4.68 Å². The number of aryl methyl sites for hydroxylation is 2. The van der Waals surface area contributed by atoms with Gasteiger partial charge >= 0.3 is 0 Å². The van der Waals surface area contributed by atoms with Crippen molar-refractivity contribution in [2.75, 3.05) is 18.5 Å². The first-order chi connectivity index (χ1) is 11.6. The summed E-state index contributed by atoms with van der Waals surface area (Å²) in [6.45, 7) is 5.21. The molecule has 3 heterocycles. The topological polar surface area (TPSA) is 88.7 Å². The number of anilines is 1. The van der Waals surface area contributed by atoms with Crippen molar-refractivity contribution in [2.24, 2.45) is 13.0 Å². The van der Waals surface area contributed by atoms with E-state index in [4.69, 9.17) is 4.74 Å². The molecule has 7 nitrogen and oxygen atoms in total. The molecule has 1 N–H and O–H groups in total. The molecule has 3 rings (SSSR count). The Hall–Kier alpha value is -2.46. The number of nitriles is 1. The Morgan fingerprint density at radius 1 is 1.42 bits per heavy atom. The summed E-state index contributed by atoms with van der Waals surface area (Å²) < 4.78 is 7.78. The second-order valence-corrected chi connectivity index (χ2v) is 6.27. The maximum atomic E-state index is 9.40. The van der Waals surface area contributed by atoms with Gasteiger partial charge < -0.3 is 10.1 Å². The summed E-state index contributed by atoms with van der Waals surface area (Å²) in [6.07, 6.45) is 5.98. The first kappa shape index (κ1) is 16.4. The van der Waals surface area contributed by atoms with Crippen LogP contribution in [0.3, 0.4) is 0 Å². The lowest BCUT2D eigenvalue weighted by Gasteiger charge is -2.31. The first-order valence-corrected chi connectivity index (χ1v) is 8.18. The van der Waals surface area contributed by atoms with Crippen molar-refractivity contribution in [3.63, 3.8) is 0 Å². The third-order valence-electron chi connectivity index (χ3n) is 4.60. The van der Waals surface area contributed by atoms with Crippen molar-refractivity contribution in [1.29, 1.82) is 5.26 Å². The Morgan fingerprint density at radius 2 is 2.25 bits per heavy atom. The smallest absolute Gasteiger partial charge is 0.166 e. The van der Waals surface area contributed by atoms with E-state index in [1.165, 1.54) is 0 Å². The van der Waals surface area contributed by atoms with Crippen molar-refractivity contribution in [3.05, 3.63) is 34.8 Å². The minimum absolute atomic E-state index is 0.0185. The van der Waals surface area contributed by atoms with Gasteiger partial charge in [-0.05, 0) is 32.3 Å². The zero-order chi connectivity index (χ0) is 17.1. The van der Waals surface area contributed by atoms with Gasteiger partial charge in [0, 0.05) is 37.9 Å². The Morgan fingerprint density at radius 3 is 2.96 bits per heavy atom. The molecule has 0 aliphatic carbocycles. The second kappa shape index (κ2) is 6.97. The summed E-state index contributed by atoms with van der Waals surface area (Å²) in [5, 5.41) is 25.2. The van der Waals surface area contributed by atoms with Crippen LogP contribution in [0.2, 0.25) is 0 Å². The van der Waals surface area contributed by atoms with Crippen molar-refractivity contribution < 1.29 is 4.74 Å². The third-order valence-corrected chi connectivity index (χ3v) is 4.60. The molecule has 2 aromatic heterocycles. The lowest BCUT2D eigenvalue weighted by atomic mass is 9.91. The summed E-state index contributed by atoms with van der Waals surface area (Å²) in [7, 11) is 1.91. The molecule has 0 bridgehead atoms. The van der Waals surface area contributed by atoms with Gasteiger partial charge in [0.2, 0.25) is 0 Å². The molecule has 1 aliphatic heterocycles. The van der Waals surface area contributed by atoms with Crippen molar-refractivity contribution in [3.8, 4) is 6.07 Å². The highest BCUT2D eigenvalue weighted by atomic mass is 16.5. The van der Waals surface area contributed by atoms with Gasteiger partial charge in [-0.2, -0.15) is 15.5 Å². The molecule has 0 amide bonds. The number of aromatic nitrogens is 4. The standard InChI is InChI=1S/C17H22N6O/c1-11-12(2)21-22-17(15(11)7-18)19-8-13-5-4-6-24-16(13)14-9-20-23(3)10-14/h9-10,13,16H,4-6,8H2,1-3H3,(H,19,22)/t13-,16+/m0/s1. The predicted molar refractivity (Wildman–Crippen MR) is 89.3 cm³/mol. The minimum Gasteiger partial charge on any atom is -0.373 e. The summed E-state index contributed by atoms with van der Waals surface area (Å²) >= 11 is 0. The van der Waals surface area contributed by atoms with Crippen LogP contribution in [0.5, 0.6) is 0 Å². The molecule has 1 fully saturated rings. The largest absolute Gasteiger partial charge is 0.373 e. The molecule has 2 atom stereocenters. The van der Waals surface area contributed by atoms with Crippen molar-refractivity contribution >= 4 is 5.82 Å². The Kier molecular flexibility index (Phi) is 4.76. The van der Waals surface area contributed by atoms with Crippen LogP contribution in [0.4, 0.5) is 5.82 Å². The molecule has 7 heteroatoms. The number of ether oxygens (including phenoxy) is 1. The van der Waals surface area contributed by atoms with Gasteiger partial charge in [-0.25, -0.2) is 0 Å². The highest BCUT2D eigenvalue weighted by Crippen LogP contribution is 2.33. The van der Waals surface area contributed by atoms with E-state index in [1.54, 1.807) is 4.68 Å². The van der Waals surface area contributed by atoms with E-state index in [1.807, 2.05) is 33.3 Å². The van der Waals surface area contributed by atoms with Crippen LogP contribution in [0, 0.1) is 31.1 Å². The molecule has 0 radical (unpaired) electrons. The van der Waals surface area contributed by atoms with Gasteiger partial charge in [-0.15, -0.1) is 5.10 Å². The first-order valence-electron chi connectivity index (χ1n) is 8.18. The Labute approximate surface area is 141 Å². The summed E-state index contributed by atoms with van der Waals surface area (Å²) in [4.78, 5) is 0. The fourth-order valence-corrected chi connectivity index (χ4v) is 3.10. The lowest BCUT2D eigenvalue weighted by Crippen LogP contribution is -2.28. The molecule has 0 spiro atoms. The molecule has 0 unspecified atom stereocenters. The normalized spacial score (nSPS) is 20.6. The highest BCUT2D eigenvalue weighted by molar-refractivity contribution is 5.55. The van der Waals surface area contributed by atoms with Crippen LogP contribution in [0.15, 0.2) is 12.4 Å². The van der Waals surface area contributed by atoms with E-state index in [9.17, 15) is 5.26 Å². The van der Waals surface area contributed by atoms with E-state index in [-0.39, 0.29) is 6.10 Å². The minimum atomic E-state index is 0.0185. The number of rotatable bonds is 4. The lowest BCUT2D eigenvalue weighted by molar-refractivity contribution is -0.0239. The van der Waals surface area contributed by atoms with E-state index in [0.717, 1.165) is 36.3 Å². The molecule has 0 aromatic carbocycles. The van der Waals surface area contributed by atoms with Gasteiger partial charge in [0.15, 0.2) is 5.82 Å². The number of hydrogen-bond donors (Lipinski definition) is 1. The molecule has 2 aromatic rings. The van der Waals surface area contributed by atoms with E-state index >= 15 is 0 Å². The van der Waals surface area contributed by atoms with Crippen LogP contribution >= 0.6 is 0 Å². The van der Waals surface area contributed by atoms with Crippen LogP contribution in [-0.4, -0.2) is 33.1 Å². The fourth-order valence-electron chi connectivity index (χ4n) is 3.10. The van der Waals surface area contributed by atoms with E-state index in [2.05, 4.69) is 26.7 Å². The zero-order valence-corrected chi connectivity index (χ0v) is 14.3. The Balaban J connectivity index is 1.75. The molecule has 0 saturated carbocycles. The fraction of sp³-hybridized carbons (Fsp3) is 0.529. The highest BCUT2D eigenvalue weighted by Gasteiger charge is 2.28. The van der Waals surface area contributed by atoms with Crippen LogP contribution < -0.4 is 5.32 Å². The van der Waals surface area contributed by atoms with Gasteiger partial charge in [0.25, 0.3) is 0 Å². The molecular formula is C17H22N6O. The third kappa shape index (κ3) is 3.24. The average molecular weight is 326 g/mol. The number of nitrogens with one attached hydrogen (secondary N) is 1. The predicted octanol–water partition coefficient (Wildman–Crippen LogP) is 2.28. The molecule has 126 valence electrons. The van der Waals surface area contributed by atoms with E-state index in [0.29, 0.717) is 23.8 Å². The summed E-state index contributed by atoms with van der Waals surface area (Å²) in [5.41, 5.74) is 3.32. The second-order valence-electron chi connectivity index (χ2n) is 6.27. The Bertz CT molecular complexity index is 763. The molecule has 1 aliphatic rings. The van der Waals surface area contributed by atoms with Crippen molar-refractivity contribution in [1.82, 2.24) is 20.0 Å². The maximum absolute atomic E-state index is 9.40.